The van der Waals surface area contributed by atoms with E-state index < -0.39 is 0 Å². The van der Waals surface area contributed by atoms with E-state index in [1.807, 2.05) is 24.1 Å². The van der Waals surface area contributed by atoms with Crippen LogP contribution in [0.3, 0.4) is 0 Å². The van der Waals surface area contributed by atoms with Gasteiger partial charge >= 0.3 is 0 Å². The van der Waals surface area contributed by atoms with Crippen molar-refractivity contribution in [3.8, 4) is 0 Å². The minimum Gasteiger partial charge on any atom is -0.372 e. The third kappa shape index (κ3) is 4.30. The number of nitrogens with zero attached hydrogens (tertiary/aromatic N) is 5. The number of amides is 1. The second-order valence-corrected chi connectivity index (χ2v) is 9.11. The van der Waals surface area contributed by atoms with E-state index in [2.05, 4.69) is 32.3 Å². The Morgan fingerprint density at radius 1 is 0.970 bits per heavy atom. The molecule has 0 bridgehead atoms. The summed E-state index contributed by atoms with van der Waals surface area (Å²) >= 11 is 12.7. The highest BCUT2D eigenvalue weighted by Gasteiger charge is 2.32. The van der Waals surface area contributed by atoms with Crippen molar-refractivity contribution in [2.45, 2.75) is 19.3 Å². The molecule has 3 heterocycles. The van der Waals surface area contributed by atoms with Crippen LogP contribution >= 0.6 is 23.2 Å². The number of anilines is 5. The summed E-state index contributed by atoms with van der Waals surface area (Å²) < 4.78 is 0. The Labute approximate surface area is 202 Å². The Kier molecular flexibility index (Phi) is 6.00. The number of fused-ring (bicyclic) bond motifs is 1. The second kappa shape index (κ2) is 9.08. The number of piperidine rings is 1. The van der Waals surface area contributed by atoms with Crippen molar-refractivity contribution in [1.82, 2.24) is 9.97 Å². The van der Waals surface area contributed by atoms with Gasteiger partial charge in [0.1, 0.15) is 11.4 Å². The zero-order chi connectivity index (χ0) is 22.9. The largest absolute Gasteiger partial charge is 0.372 e. The Hall–Kier alpha value is -3.03. The molecule has 2 aliphatic rings. The second-order valence-electron chi connectivity index (χ2n) is 8.29. The van der Waals surface area contributed by atoms with Gasteiger partial charge in [-0.1, -0.05) is 29.3 Å². The van der Waals surface area contributed by atoms with Gasteiger partial charge in [-0.05, 0) is 55.7 Å². The van der Waals surface area contributed by atoms with E-state index in [9.17, 15) is 4.79 Å². The molecular formula is C24H24Cl2N6O. The van der Waals surface area contributed by atoms with Crippen molar-refractivity contribution in [3.63, 3.8) is 0 Å². The van der Waals surface area contributed by atoms with Crippen LogP contribution in [0.5, 0.6) is 0 Å². The molecule has 3 aromatic rings. The first kappa shape index (κ1) is 21.8. The molecule has 170 valence electrons. The molecule has 1 saturated heterocycles. The molecule has 0 saturated carbocycles. The van der Waals surface area contributed by atoms with Gasteiger partial charge in [-0.3, -0.25) is 9.69 Å². The van der Waals surface area contributed by atoms with Crippen LogP contribution in [0.2, 0.25) is 10.0 Å². The van der Waals surface area contributed by atoms with Crippen molar-refractivity contribution in [2.75, 3.05) is 46.8 Å². The quantitative estimate of drug-likeness (QED) is 0.524. The van der Waals surface area contributed by atoms with Gasteiger partial charge in [-0.2, -0.15) is 4.98 Å². The monoisotopic (exact) mass is 482 g/mol. The summed E-state index contributed by atoms with van der Waals surface area (Å²) in [5, 5.41) is 4.08. The molecule has 0 atom stereocenters. The number of nitrogens with one attached hydrogen (secondary N) is 1. The van der Waals surface area contributed by atoms with E-state index in [1.165, 1.54) is 24.9 Å². The Morgan fingerprint density at radius 3 is 2.36 bits per heavy atom. The van der Waals surface area contributed by atoms with E-state index in [4.69, 9.17) is 23.2 Å². The van der Waals surface area contributed by atoms with E-state index in [1.54, 1.807) is 29.3 Å². The van der Waals surface area contributed by atoms with Crippen molar-refractivity contribution in [2.24, 2.45) is 0 Å². The average Bonchev–Trinajstić information content (AvgIpc) is 2.83. The van der Waals surface area contributed by atoms with E-state index >= 15 is 0 Å². The van der Waals surface area contributed by atoms with Crippen molar-refractivity contribution >= 4 is 57.9 Å². The molecule has 7 nitrogen and oxygen atoms in total. The summed E-state index contributed by atoms with van der Waals surface area (Å²) in [5.41, 5.74) is 3.00. The highest BCUT2D eigenvalue weighted by Crippen LogP contribution is 2.37. The summed E-state index contributed by atoms with van der Waals surface area (Å²) in [7, 11) is 1.87. The predicted molar refractivity (Wildman–Crippen MR) is 134 cm³/mol. The fourth-order valence-electron chi connectivity index (χ4n) is 4.32. The van der Waals surface area contributed by atoms with Crippen LogP contribution in [0.25, 0.3) is 0 Å². The standard InChI is InChI=1S/C24H24Cl2N6O/c1-30-15-32(21-19(25)6-5-7-20(21)26)23(33)18-14-27-24(29-22(18)30)28-16-8-10-17(11-9-16)31-12-3-2-4-13-31/h5-11,14H,2-4,12-13,15H2,1H3,(H,27,28,29). The molecule has 1 N–H and O–H groups in total. The maximum Gasteiger partial charge on any atom is 0.265 e. The van der Waals surface area contributed by atoms with Crippen molar-refractivity contribution in [1.29, 1.82) is 0 Å². The van der Waals surface area contributed by atoms with E-state index in [0.717, 1.165) is 18.8 Å². The predicted octanol–water partition coefficient (Wildman–Crippen LogP) is 5.57. The molecule has 33 heavy (non-hydrogen) atoms. The van der Waals surface area contributed by atoms with E-state index in [0.29, 0.717) is 33.1 Å². The number of carbonyl (C=O) groups excluding carboxylic acids is 1. The van der Waals surface area contributed by atoms with E-state index in [-0.39, 0.29) is 12.6 Å². The van der Waals surface area contributed by atoms with Gasteiger partial charge in [-0.15, -0.1) is 0 Å². The lowest BCUT2D eigenvalue weighted by atomic mass is 10.1. The molecule has 0 spiro atoms. The minimum absolute atomic E-state index is 0.240. The molecule has 0 unspecified atom stereocenters. The lowest BCUT2D eigenvalue weighted by Gasteiger charge is -2.35. The van der Waals surface area contributed by atoms with Gasteiger partial charge in [-0.25, -0.2) is 4.98 Å². The molecule has 5 rings (SSSR count). The zero-order valence-electron chi connectivity index (χ0n) is 18.3. The number of rotatable bonds is 4. The summed E-state index contributed by atoms with van der Waals surface area (Å²) in [6.07, 6.45) is 5.35. The SMILES string of the molecule is CN1CN(c2c(Cl)cccc2Cl)C(=O)c2cnc(Nc3ccc(N4CCCCC4)cc3)nc21. The molecule has 0 radical (unpaired) electrons. The number of hydrogen-bond donors (Lipinski definition) is 1. The highest BCUT2D eigenvalue weighted by atomic mass is 35.5. The maximum atomic E-state index is 13.2. The number of carbonyl (C=O) groups is 1. The van der Waals surface area contributed by atoms with Crippen molar-refractivity contribution in [3.05, 3.63) is 64.3 Å². The van der Waals surface area contributed by atoms with Gasteiger partial charge in [0.05, 0.1) is 22.4 Å². The molecule has 2 aliphatic heterocycles. The third-order valence-corrected chi connectivity index (χ3v) is 6.62. The zero-order valence-corrected chi connectivity index (χ0v) is 19.8. The van der Waals surface area contributed by atoms with Crippen LogP contribution in [0.4, 0.5) is 28.8 Å². The lowest BCUT2D eigenvalue weighted by Crippen LogP contribution is -2.46. The first-order valence-electron chi connectivity index (χ1n) is 11.0. The number of halogens is 2. The lowest BCUT2D eigenvalue weighted by molar-refractivity contribution is 0.0982. The van der Waals surface area contributed by atoms with Crippen LogP contribution in [0.1, 0.15) is 29.6 Å². The van der Waals surface area contributed by atoms with Crippen LogP contribution in [0.15, 0.2) is 48.7 Å². The summed E-state index contributed by atoms with van der Waals surface area (Å²) in [6.45, 7) is 2.49. The average molecular weight is 483 g/mol. The first-order chi connectivity index (χ1) is 16.0. The maximum absolute atomic E-state index is 13.2. The fraction of sp³-hybridized carbons (Fsp3) is 0.292. The van der Waals surface area contributed by atoms with Crippen LogP contribution in [-0.4, -0.2) is 42.7 Å². The minimum atomic E-state index is -0.240. The van der Waals surface area contributed by atoms with Gasteiger partial charge in [0, 0.05) is 37.7 Å². The van der Waals surface area contributed by atoms with Crippen molar-refractivity contribution < 1.29 is 4.79 Å². The smallest absolute Gasteiger partial charge is 0.265 e. The Balaban J connectivity index is 1.36. The molecular weight excluding hydrogens is 459 g/mol. The van der Waals surface area contributed by atoms with Gasteiger partial charge < -0.3 is 15.1 Å². The van der Waals surface area contributed by atoms with Gasteiger partial charge in [0.15, 0.2) is 0 Å². The summed E-state index contributed by atoms with van der Waals surface area (Å²) in [5.74, 6) is 0.751. The molecule has 1 fully saturated rings. The molecule has 0 aliphatic carbocycles. The Morgan fingerprint density at radius 2 is 1.67 bits per heavy atom. The molecule has 1 amide bonds. The number of aromatic nitrogens is 2. The first-order valence-corrected chi connectivity index (χ1v) is 11.7. The van der Waals surface area contributed by atoms with Crippen LogP contribution < -0.4 is 20.0 Å². The summed E-state index contributed by atoms with van der Waals surface area (Å²) in [4.78, 5) is 28.0. The van der Waals surface area contributed by atoms with Gasteiger partial charge in [0.2, 0.25) is 5.95 Å². The Bertz CT molecular complexity index is 1160. The fourth-order valence-corrected chi connectivity index (χ4v) is 4.92. The topological polar surface area (TPSA) is 64.6 Å². The normalized spacial score (nSPS) is 16.1. The third-order valence-electron chi connectivity index (χ3n) is 6.01. The number of hydrogen-bond acceptors (Lipinski definition) is 6. The summed E-state index contributed by atoms with van der Waals surface area (Å²) in [6, 6.07) is 13.5. The van der Waals surface area contributed by atoms with Crippen LogP contribution in [-0.2, 0) is 0 Å². The highest BCUT2D eigenvalue weighted by molar-refractivity contribution is 6.40. The van der Waals surface area contributed by atoms with Gasteiger partial charge in [0.25, 0.3) is 5.91 Å². The molecule has 2 aromatic carbocycles. The van der Waals surface area contributed by atoms with Crippen LogP contribution in [0, 0.1) is 0 Å². The molecule has 9 heteroatoms. The number of benzene rings is 2. The molecule has 1 aromatic heterocycles. The number of para-hydroxylation sites is 1.